The number of nitrogens with two attached hydrogens (primary N) is 1. The highest BCUT2D eigenvalue weighted by atomic mass is 35.5. The molecule has 8 heteroatoms. The number of carbonyl (C=O) groups excluding carboxylic acids is 2. The normalized spacial score (nSPS) is 10.2. The Kier molecular flexibility index (Phi) is 10.4. The van der Waals surface area contributed by atoms with Crippen LogP contribution in [0.5, 0.6) is 0 Å². The monoisotopic (exact) mass is 499 g/mol. The number of nitrogens with zero attached hydrogens (tertiary/aromatic N) is 2. The first-order valence-electron chi connectivity index (χ1n) is 10.3. The quantitative estimate of drug-likeness (QED) is 0.347. The van der Waals surface area contributed by atoms with E-state index in [1.165, 1.54) is 0 Å². The number of fused-ring (bicyclic) bond motifs is 2. The van der Waals surface area contributed by atoms with E-state index in [9.17, 15) is 9.59 Å². The highest BCUT2D eigenvalue weighted by molar-refractivity contribution is 6.31. The number of Topliss-reactive ketones (excluding diaryl/α,β-unsaturated/α-hetero) is 1. The molecule has 0 radical (unpaired) electrons. The molecule has 0 saturated heterocycles. The molecule has 4 aromatic rings. The Balaban J connectivity index is 0.000000234. The summed E-state index contributed by atoms with van der Waals surface area (Å²) in [5.41, 5.74) is 8.85. The van der Waals surface area contributed by atoms with E-state index < -0.39 is 0 Å². The first-order chi connectivity index (χ1) is 15.9. The zero-order valence-corrected chi connectivity index (χ0v) is 19.6. The van der Waals surface area contributed by atoms with Crippen molar-refractivity contribution in [2.24, 2.45) is 5.73 Å². The number of aromatic nitrogens is 2. The lowest BCUT2D eigenvalue weighted by Crippen LogP contribution is -2.15. The van der Waals surface area contributed by atoms with Crippen LogP contribution < -0.4 is 5.73 Å². The number of pyridine rings is 2. The van der Waals surface area contributed by atoms with E-state index in [-0.39, 0.29) is 32.1 Å². The minimum absolute atomic E-state index is 0. The molecule has 34 heavy (non-hydrogen) atoms. The van der Waals surface area contributed by atoms with Gasteiger partial charge >= 0.3 is 5.97 Å². The molecule has 0 aliphatic rings. The van der Waals surface area contributed by atoms with Gasteiger partial charge in [0.05, 0.1) is 40.7 Å². The number of esters is 1. The number of hydrogen-bond acceptors (Lipinski definition) is 6. The molecule has 2 aromatic heterocycles. The molecule has 0 unspecified atom stereocenters. The smallest absolute Gasteiger partial charge is 0.310 e. The van der Waals surface area contributed by atoms with Crippen molar-refractivity contribution in [2.45, 2.75) is 27.2 Å². The number of ketones is 1. The van der Waals surface area contributed by atoms with Crippen molar-refractivity contribution >= 4 is 56.8 Å². The first kappa shape index (κ1) is 27.2. The standard InChI is InChI=1S/C13H12ClNO2.C12H11ClN2O.CH4/c1-2-17-13(16)6-9-3-4-12-10(5-9)7-11(14)8-15-12;13-10-5-9-3-8(4-11(16)6-14)1-2-12(9)15-7-10;/h3-5,7-8H,2,6H2,1H3;1-3,5,7H,4,6,14H2;1H4. The second kappa shape index (κ2) is 13.0. The third-order valence-electron chi connectivity index (χ3n) is 4.71. The number of carbonyl (C=O) groups is 2. The molecule has 0 aliphatic carbocycles. The van der Waals surface area contributed by atoms with Crippen LogP contribution in [0.3, 0.4) is 0 Å². The largest absolute Gasteiger partial charge is 0.466 e. The van der Waals surface area contributed by atoms with Crippen molar-refractivity contribution in [3.05, 3.63) is 82.1 Å². The van der Waals surface area contributed by atoms with Crippen LogP contribution in [-0.4, -0.2) is 34.9 Å². The van der Waals surface area contributed by atoms with E-state index >= 15 is 0 Å². The predicted octanol–water partition coefficient (Wildman–Crippen LogP) is 5.59. The Morgan fingerprint density at radius 2 is 1.35 bits per heavy atom. The fourth-order valence-electron chi connectivity index (χ4n) is 3.21. The molecule has 4 rings (SSSR count). The van der Waals surface area contributed by atoms with E-state index in [0.29, 0.717) is 23.1 Å². The van der Waals surface area contributed by atoms with Crippen LogP contribution >= 0.6 is 23.2 Å². The van der Waals surface area contributed by atoms with Crippen molar-refractivity contribution in [2.75, 3.05) is 13.2 Å². The molecule has 2 N–H and O–H groups in total. The third-order valence-corrected chi connectivity index (χ3v) is 5.12. The lowest BCUT2D eigenvalue weighted by Gasteiger charge is -2.04. The zero-order valence-electron chi connectivity index (χ0n) is 18.1. The summed E-state index contributed by atoms with van der Waals surface area (Å²) in [5, 5.41) is 3.05. The molecule has 0 amide bonds. The fourth-order valence-corrected chi connectivity index (χ4v) is 3.54. The summed E-state index contributed by atoms with van der Waals surface area (Å²) in [6, 6.07) is 15.0. The van der Waals surface area contributed by atoms with Crippen LogP contribution in [0.2, 0.25) is 10.0 Å². The molecular weight excluding hydrogens is 473 g/mol. The van der Waals surface area contributed by atoms with Gasteiger partial charge in [-0.25, -0.2) is 0 Å². The lowest BCUT2D eigenvalue weighted by molar-refractivity contribution is -0.142. The molecule has 0 bridgehead atoms. The molecule has 0 aliphatic heterocycles. The van der Waals surface area contributed by atoms with E-state index in [2.05, 4.69) is 9.97 Å². The molecule has 178 valence electrons. The molecule has 0 fully saturated rings. The van der Waals surface area contributed by atoms with Crippen molar-refractivity contribution in [3.63, 3.8) is 0 Å². The van der Waals surface area contributed by atoms with E-state index in [0.717, 1.165) is 32.9 Å². The highest BCUT2D eigenvalue weighted by Crippen LogP contribution is 2.19. The van der Waals surface area contributed by atoms with Gasteiger partial charge in [-0.05, 0) is 54.4 Å². The Labute approximate surface area is 209 Å². The Hall–Kier alpha value is -3.06. The number of halogens is 2. The average molecular weight is 500 g/mol. The maximum atomic E-state index is 11.4. The van der Waals surface area contributed by atoms with Crippen LogP contribution in [0.25, 0.3) is 21.8 Å². The molecular formula is C26H27Cl2N3O3. The Morgan fingerprint density at radius 3 is 1.82 bits per heavy atom. The third kappa shape index (κ3) is 7.76. The van der Waals surface area contributed by atoms with E-state index in [1.54, 1.807) is 19.3 Å². The van der Waals surface area contributed by atoms with Gasteiger partial charge < -0.3 is 10.5 Å². The van der Waals surface area contributed by atoms with Gasteiger partial charge in [-0.15, -0.1) is 0 Å². The zero-order chi connectivity index (χ0) is 23.8. The van der Waals surface area contributed by atoms with Gasteiger partial charge in [-0.3, -0.25) is 19.6 Å². The topological polar surface area (TPSA) is 95.2 Å². The van der Waals surface area contributed by atoms with Gasteiger partial charge in [0.1, 0.15) is 0 Å². The van der Waals surface area contributed by atoms with Crippen molar-refractivity contribution in [1.29, 1.82) is 0 Å². The molecule has 2 aromatic carbocycles. The number of ether oxygens (including phenoxy) is 1. The fraction of sp³-hybridized carbons (Fsp3) is 0.231. The summed E-state index contributed by atoms with van der Waals surface area (Å²) in [7, 11) is 0. The average Bonchev–Trinajstić information content (AvgIpc) is 2.79. The van der Waals surface area contributed by atoms with E-state index in [4.69, 9.17) is 33.7 Å². The number of hydrogen-bond donors (Lipinski definition) is 1. The maximum absolute atomic E-state index is 11.4. The summed E-state index contributed by atoms with van der Waals surface area (Å²) in [5.74, 6) is -0.198. The van der Waals surface area contributed by atoms with Gasteiger partial charge in [0, 0.05) is 29.6 Å². The molecule has 0 atom stereocenters. The van der Waals surface area contributed by atoms with E-state index in [1.807, 2.05) is 48.5 Å². The van der Waals surface area contributed by atoms with Crippen LogP contribution in [-0.2, 0) is 27.2 Å². The van der Waals surface area contributed by atoms with Crippen molar-refractivity contribution < 1.29 is 14.3 Å². The van der Waals surface area contributed by atoms with Gasteiger partial charge in [-0.2, -0.15) is 0 Å². The minimum atomic E-state index is -0.221. The summed E-state index contributed by atoms with van der Waals surface area (Å²) < 4.78 is 4.90. The number of benzene rings is 2. The van der Waals surface area contributed by atoms with Crippen LogP contribution in [0, 0.1) is 0 Å². The molecule has 6 nitrogen and oxygen atoms in total. The van der Waals surface area contributed by atoms with Gasteiger partial charge in [-0.1, -0.05) is 42.8 Å². The van der Waals surface area contributed by atoms with Crippen LogP contribution in [0.1, 0.15) is 25.5 Å². The van der Waals surface area contributed by atoms with Crippen LogP contribution in [0.4, 0.5) is 0 Å². The molecule has 2 heterocycles. The van der Waals surface area contributed by atoms with Crippen molar-refractivity contribution in [1.82, 2.24) is 9.97 Å². The summed E-state index contributed by atoms with van der Waals surface area (Å²) in [4.78, 5) is 30.9. The second-order valence-electron chi connectivity index (χ2n) is 7.26. The van der Waals surface area contributed by atoms with Gasteiger partial charge in [0.2, 0.25) is 0 Å². The number of rotatable bonds is 6. The summed E-state index contributed by atoms with van der Waals surface area (Å²) >= 11 is 11.7. The maximum Gasteiger partial charge on any atom is 0.310 e. The Morgan fingerprint density at radius 1 is 0.853 bits per heavy atom. The SMILES string of the molecule is C.CCOC(=O)Cc1ccc2ncc(Cl)cc2c1.NCC(=O)Cc1ccc2ncc(Cl)cc2c1. The lowest BCUT2D eigenvalue weighted by atomic mass is 10.1. The van der Waals surface area contributed by atoms with Gasteiger partial charge in [0.15, 0.2) is 5.78 Å². The summed E-state index contributed by atoms with van der Waals surface area (Å²) in [6.45, 7) is 2.27. The summed E-state index contributed by atoms with van der Waals surface area (Å²) in [6.07, 6.45) is 3.85. The first-order valence-corrected chi connectivity index (χ1v) is 11.1. The highest BCUT2D eigenvalue weighted by Gasteiger charge is 2.06. The van der Waals surface area contributed by atoms with Crippen molar-refractivity contribution in [3.8, 4) is 0 Å². The second-order valence-corrected chi connectivity index (χ2v) is 8.14. The Bertz CT molecular complexity index is 1300. The van der Waals surface area contributed by atoms with Gasteiger partial charge in [0.25, 0.3) is 0 Å². The molecule has 0 spiro atoms. The minimum Gasteiger partial charge on any atom is -0.466 e. The van der Waals surface area contributed by atoms with Crippen LogP contribution in [0.15, 0.2) is 60.9 Å². The molecule has 0 saturated carbocycles. The predicted molar refractivity (Wildman–Crippen MR) is 138 cm³/mol.